The quantitative estimate of drug-likeness (QED) is 0.627. The second kappa shape index (κ2) is 5.22. The number of carbonyl (C=O) groups is 1. The van der Waals surface area contributed by atoms with Crippen LogP contribution in [0.2, 0.25) is 0 Å². The van der Waals surface area contributed by atoms with Crippen LogP contribution in [0.5, 0.6) is 11.5 Å². The summed E-state index contributed by atoms with van der Waals surface area (Å²) in [4.78, 5) is 13.9. The third kappa shape index (κ3) is 1.75. The predicted molar refractivity (Wildman–Crippen MR) is 97.0 cm³/mol. The van der Waals surface area contributed by atoms with Crippen LogP contribution < -0.4 is 9.26 Å². The number of carbonyl (C=O) groups excluding carboxylic acids is 1. The van der Waals surface area contributed by atoms with Crippen molar-refractivity contribution in [3.63, 3.8) is 0 Å². The number of benzene rings is 1. The maximum absolute atomic E-state index is 11.9. The standard InChI is InChI=1S/C19H22NO5P/c1-10(21)23-13-5-6-19(22)14-9-11-3-4-12(25-26)16-15(11)18(19,17(13)24-16)7-8-20(14)2/h3-5,14,17,22H,6-9,26H2,1-2H3/t14-,17+,18+,19-/m0/s1. The van der Waals surface area contributed by atoms with E-state index in [1.54, 1.807) is 0 Å². The third-order valence-corrected chi connectivity index (χ3v) is 6.98. The molecule has 0 amide bonds. The van der Waals surface area contributed by atoms with Gasteiger partial charge in [0.05, 0.1) is 20.5 Å². The van der Waals surface area contributed by atoms with E-state index in [-0.39, 0.29) is 12.0 Å². The number of likely N-dealkylation sites (tertiary alicyclic amines) is 1. The predicted octanol–water partition coefficient (Wildman–Crippen LogP) is 1.70. The largest absolute Gasteiger partial charge is 0.477 e. The zero-order valence-corrected chi connectivity index (χ0v) is 16.0. The number of piperidine rings is 1. The second-order valence-corrected chi connectivity index (χ2v) is 8.03. The molecule has 26 heavy (non-hydrogen) atoms. The Bertz CT molecular complexity index is 855. The van der Waals surface area contributed by atoms with Gasteiger partial charge in [0.1, 0.15) is 5.76 Å². The van der Waals surface area contributed by atoms with Crippen molar-refractivity contribution in [2.75, 3.05) is 13.6 Å². The Morgan fingerprint density at radius 2 is 2.27 bits per heavy atom. The second-order valence-electron chi connectivity index (χ2n) is 7.79. The Balaban J connectivity index is 1.79. The fourth-order valence-electron chi connectivity index (χ4n) is 5.69. The maximum atomic E-state index is 11.9. The van der Waals surface area contributed by atoms with Crippen LogP contribution in [0, 0.1) is 0 Å². The minimum Gasteiger partial charge on any atom is -0.477 e. The lowest BCUT2D eigenvalue weighted by molar-refractivity contribution is -0.168. The first-order valence-corrected chi connectivity index (χ1v) is 9.40. The Kier molecular flexibility index (Phi) is 3.32. The smallest absolute Gasteiger partial charge is 0.307 e. The summed E-state index contributed by atoms with van der Waals surface area (Å²) in [5.41, 5.74) is 0.628. The van der Waals surface area contributed by atoms with Gasteiger partial charge in [-0.15, -0.1) is 0 Å². The molecule has 1 aromatic rings. The molecule has 1 spiro atoms. The summed E-state index contributed by atoms with van der Waals surface area (Å²) >= 11 is 0. The zero-order valence-electron chi connectivity index (χ0n) is 14.8. The molecule has 2 bridgehead atoms. The Labute approximate surface area is 154 Å². The van der Waals surface area contributed by atoms with Crippen LogP contribution in [0.1, 0.15) is 30.9 Å². The highest BCUT2D eigenvalue weighted by Gasteiger charge is 2.72. The molecule has 1 unspecified atom stereocenters. The van der Waals surface area contributed by atoms with Gasteiger partial charge in [-0.25, -0.2) is 0 Å². The molecule has 1 aromatic carbocycles. The molecule has 0 aromatic heterocycles. The van der Waals surface area contributed by atoms with Crippen LogP contribution in [0.15, 0.2) is 24.0 Å². The number of nitrogens with zero attached hydrogens (tertiary/aromatic N) is 1. The molecule has 5 rings (SSSR count). The van der Waals surface area contributed by atoms with Crippen molar-refractivity contribution in [2.24, 2.45) is 0 Å². The first kappa shape index (κ1) is 16.5. The van der Waals surface area contributed by atoms with Crippen molar-refractivity contribution in [1.29, 1.82) is 0 Å². The van der Waals surface area contributed by atoms with Gasteiger partial charge in [0, 0.05) is 24.9 Å². The summed E-state index contributed by atoms with van der Waals surface area (Å²) in [7, 11) is 4.33. The summed E-state index contributed by atoms with van der Waals surface area (Å²) in [5.74, 6) is 1.42. The number of hydrogen-bond acceptors (Lipinski definition) is 6. The van der Waals surface area contributed by atoms with E-state index in [2.05, 4.69) is 27.5 Å². The van der Waals surface area contributed by atoms with E-state index in [1.165, 1.54) is 12.5 Å². The van der Waals surface area contributed by atoms with Crippen molar-refractivity contribution < 1.29 is 23.9 Å². The molecule has 5 atom stereocenters. The first-order valence-electron chi connectivity index (χ1n) is 8.93. The lowest BCUT2D eigenvalue weighted by Gasteiger charge is -2.61. The normalized spacial score (nSPS) is 36.7. The molecule has 138 valence electrons. The van der Waals surface area contributed by atoms with Gasteiger partial charge in [-0.3, -0.25) is 4.79 Å². The highest BCUT2D eigenvalue weighted by Crippen LogP contribution is 2.65. The average Bonchev–Trinajstić information content (AvgIpc) is 2.95. The van der Waals surface area contributed by atoms with E-state index in [1.807, 2.05) is 12.1 Å². The van der Waals surface area contributed by atoms with Gasteiger partial charge < -0.3 is 24.0 Å². The topological polar surface area (TPSA) is 68.2 Å². The van der Waals surface area contributed by atoms with Crippen LogP contribution in [0.3, 0.4) is 0 Å². The highest BCUT2D eigenvalue weighted by molar-refractivity contribution is 7.10. The van der Waals surface area contributed by atoms with Gasteiger partial charge in [0.15, 0.2) is 17.6 Å². The minimum atomic E-state index is -0.966. The molecule has 2 aliphatic carbocycles. The van der Waals surface area contributed by atoms with Crippen molar-refractivity contribution in [3.05, 3.63) is 35.1 Å². The molecular weight excluding hydrogens is 353 g/mol. The molecule has 0 saturated carbocycles. The summed E-state index contributed by atoms with van der Waals surface area (Å²) < 4.78 is 17.3. The molecule has 7 heteroatoms. The summed E-state index contributed by atoms with van der Waals surface area (Å²) in [5, 5.41) is 11.9. The van der Waals surface area contributed by atoms with E-state index in [0.717, 1.165) is 24.9 Å². The van der Waals surface area contributed by atoms with Crippen LogP contribution in [-0.4, -0.2) is 47.3 Å². The minimum absolute atomic E-state index is 0.00121. The maximum Gasteiger partial charge on any atom is 0.307 e. The summed E-state index contributed by atoms with van der Waals surface area (Å²) in [6, 6.07) is 3.98. The van der Waals surface area contributed by atoms with Crippen molar-refractivity contribution >= 4 is 15.4 Å². The average molecular weight is 375 g/mol. The molecule has 2 aliphatic heterocycles. The number of hydrogen-bond donors (Lipinski definition) is 1. The van der Waals surface area contributed by atoms with Crippen molar-refractivity contribution in [3.8, 4) is 11.5 Å². The van der Waals surface area contributed by atoms with Crippen LogP contribution in [-0.2, 0) is 21.4 Å². The van der Waals surface area contributed by atoms with Crippen LogP contribution in [0.25, 0.3) is 0 Å². The van der Waals surface area contributed by atoms with Crippen molar-refractivity contribution in [2.45, 2.75) is 49.3 Å². The van der Waals surface area contributed by atoms with Crippen molar-refractivity contribution in [1.82, 2.24) is 4.90 Å². The van der Waals surface area contributed by atoms with Gasteiger partial charge in [0.2, 0.25) is 0 Å². The van der Waals surface area contributed by atoms with E-state index in [4.69, 9.17) is 14.0 Å². The number of aliphatic hydroxyl groups is 1. The molecule has 4 aliphatic rings. The highest BCUT2D eigenvalue weighted by atomic mass is 31.0. The molecule has 1 saturated heterocycles. The molecule has 1 fully saturated rings. The van der Waals surface area contributed by atoms with E-state index < -0.39 is 17.1 Å². The van der Waals surface area contributed by atoms with Gasteiger partial charge in [-0.1, -0.05) is 6.07 Å². The Hall–Kier alpha value is -1.62. The molecule has 6 nitrogen and oxygen atoms in total. The number of likely N-dealkylation sites (N-methyl/N-ethyl adjacent to an activating group) is 1. The summed E-state index contributed by atoms with van der Waals surface area (Å²) in [6.45, 7) is 2.24. The SMILES string of the molecule is CC(=O)OC1=CC[C@]2(O)[C@@H]3Cc4ccc(OP)c5c4[C@]2(CCN3C)[C@@H]1O5. The van der Waals surface area contributed by atoms with Gasteiger partial charge in [0.25, 0.3) is 0 Å². The van der Waals surface area contributed by atoms with Crippen LogP contribution >= 0.6 is 9.47 Å². The molecule has 2 heterocycles. The fourth-order valence-corrected chi connectivity index (χ4v) is 5.87. The van der Waals surface area contributed by atoms with Crippen LogP contribution in [0.4, 0.5) is 0 Å². The van der Waals surface area contributed by atoms with Gasteiger partial charge >= 0.3 is 5.97 Å². The molecule has 0 radical (unpaired) electrons. The zero-order chi connectivity index (χ0) is 18.3. The van der Waals surface area contributed by atoms with E-state index in [9.17, 15) is 9.90 Å². The molecule has 1 N–H and O–H groups in total. The lowest BCUT2D eigenvalue weighted by Crippen LogP contribution is -2.74. The van der Waals surface area contributed by atoms with Gasteiger partial charge in [-0.2, -0.15) is 0 Å². The Morgan fingerprint density at radius 3 is 3.00 bits per heavy atom. The number of ether oxygens (including phenoxy) is 2. The fraction of sp³-hybridized carbons (Fsp3) is 0.526. The van der Waals surface area contributed by atoms with E-state index in [0.29, 0.717) is 23.7 Å². The lowest BCUT2D eigenvalue weighted by atomic mass is 9.50. The van der Waals surface area contributed by atoms with Gasteiger partial charge in [-0.05, 0) is 44.1 Å². The number of esters is 1. The monoisotopic (exact) mass is 375 g/mol. The first-order chi connectivity index (χ1) is 12.4. The van der Waals surface area contributed by atoms with E-state index >= 15 is 0 Å². The molecular formula is C19H22NO5P. The number of rotatable bonds is 2. The summed E-state index contributed by atoms with van der Waals surface area (Å²) in [6.07, 6.45) is 3.25. The third-order valence-electron chi connectivity index (χ3n) is 6.73. The Morgan fingerprint density at radius 1 is 1.46 bits per heavy atom.